The fourth-order valence-electron chi connectivity index (χ4n) is 4.64. The van der Waals surface area contributed by atoms with Crippen LogP contribution in [-0.2, 0) is 0 Å². The molecular formula is C28H23ClN4OS. The lowest BCUT2D eigenvalue weighted by Gasteiger charge is -2.22. The predicted molar refractivity (Wildman–Crippen MR) is 142 cm³/mol. The molecule has 1 saturated carbocycles. The summed E-state index contributed by atoms with van der Waals surface area (Å²) in [4.78, 5) is 22.3. The van der Waals surface area contributed by atoms with Crippen LogP contribution in [0.15, 0.2) is 78.2 Å². The molecule has 174 valence electrons. The molecule has 0 aliphatic heterocycles. The number of thiazole rings is 1. The minimum Gasteiger partial charge on any atom is -0.355 e. The second-order valence-corrected chi connectivity index (χ2v) is 10.1. The van der Waals surface area contributed by atoms with Crippen molar-refractivity contribution < 1.29 is 4.79 Å². The normalized spacial score (nSPS) is 14.2. The molecule has 1 aliphatic rings. The van der Waals surface area contributed by atoms with Crippen molar-refractivity contribution >= 4 is 39.9 Å². The first kappa shape index (κ1) is 22.0. The molecule has 3 aromatic carbocycles. The van der Waals surface area contributed by atoms with Gasteiger partial charge in [-0.2, -0.15) is 0 Å². The minimum absolute atomic E-state index is 0.121. The molecule has 7 heteroatoms. The minimum atomic E-state index is -0.121. The van der Waals surface area contributed by atoms with Crippen molar-refractivity contribution in [2.45, 2.75) is 18.9 Å². The predicted octanol–water partition coefficient (Wildman–Crippen LogP) is 6.84. The van der Waals surface area contributed by atoms with Gasteiger partial charge in [-0.25, -0.2) is 9.97 Å². The van der Waals surface area contributed by atoms with Gasteiger partial charge in [0.15, 0.2) is 10.8 Å². The molecule has 0 saturated heterocycles. The number of hydrogen-bond donors (Lipinski definition) is 1. The lowest BCUT2D eigenvalue weighted by atomic mass is 10.0. The van der Waals surface area contributed by atoms with Gasteiger partial charge in [-0.3, -0.25) is 4.79 Å². The second kappa shape index (κ2) is 8.95. The molecule has 1 unspecified atom stereocenters. The Labute approximate surface area is 212 Å². The number of fused-ring (bicyclic) bond motifs is 1. The van der Waals surface area contributed by atoms with Crippen molar-refractivity contribution in [3.8, 4) is 22.1 Å². The van der Waals surface area contributed by atoms with Crippen LogP contribution >= 0.6 is 22.9 Å². The molecule has 5 nitrogen and oxygen atoms in total. The van der Waals surface area contributed by atoms with Crippen LogP contribution in [0.2, 0.25) is 5.02 Å². The Balaban J connectivity index is 1.54. The van der Waals surface area contributed by atoms with E-state index in [9.17, 15) is 4.79 Å². The molecule has 1 amide bonds. The Morgan fingerprint density at radius 3 is 2.54 bits per heavy atom. The van der Waals surface area contributed by atoms with E-state index in [1.54, 1.807) is 18.4 Å². The van der Waals surface area contributed by atoms with E-state index in [-0.39, 0.29) is 11.9 Å². The second-order valence-electron chi connectivity index (χ2n) is 8.83. The van der Waals surface area contributed by atoms with Gasteiger partial charge in [-0.15, -0.1) is 11.3 Å². The van der Waals surface area contributed by atoms with Crippen molar-refractivity contribution in [1.82, 2.24) is 19.9 Å². The smallest absolute Gasteiger partial charge is 0.251 e. The van der Waals surface area contributed by atoms with E-state index in [1.807, 2.05) is 42.5 Å². The van der Waals surface area contributed by atoms with Crippen LogP contribution in [0.4, 0.5) is 0 Å². The molecule has 0 radical (unpaired) electrons. The van der Waals surface area contributed by atoms with Crippen molar-refractivity contribution in [1.29, 1.82) is 0 Å². The molecule has 0 bridgehead atoms. The topological polar surface area (TPSA) is 59.8 Å². The number of benzene rings is 3. The molecule has 2 aromatic heterocycles. The number of nitrogens with one attached hydrogen (secondary N) is 1. The molecule has 1 aliphatic carbocycles. The van der Waals surface area contributed by atoms with E-state index >= 15 is 0 Å². The van der Waals surface area contributed by atoms with Crippen LogP contribution in [0, 0.1) is 5.92 Å². The Morgan fingerprint density at radius 2 is 1.83 bits per heavy atom. The summed E-state index contributed by atoms with van der Waals surface area (Å²) in [5, 5.41) is 6.33. The largest absolute Gasteiger partial charge is 0.355 e. The van der Waals surface area contributed by atoms with Gasteiger partial charge in [0.2, 0.25) is 0 Å². The van der Waals surface area contributed by atoms with Crippen LogP contribution in [0.5, 0.6) is 0 Å². The fraction of sp³-hybridized carbons (Fsp3) is 0.179. The third-order valence-electron chi connectivity index (χ3n) is 6.50. The van der Waals surface area contributed by atoms with Crippen molar-refractivity contribution in [3.05, 3.63) is 94.3 Å². The summed E-state index contributed by atoms with van der Waals surface area (Å²) >= 11 is 7.66. The van der Waals surface area contributed by atoms with E-state index in [1.165, 1.54) is 18.4 Å². The monoisotopic (exact) mass is 498 g/mol. The maximum absolute atomic E-state index is 12.3. The van der Waals surface area contributed by atoms with Crippen LogP contribution in [0.1, 0.15) is 34.8 Å². The van der Waals surface area contributed by atoms with Gasteiger partial charge in [-0.05, 0) is 54.7 Å². The first-order valence-electron chi connectivity index (χ1n) is 11.6. The van der Waals surface area contributed by atoms with Gasteiger partial charge in [0, 0.05) is 28.6 Å². The highest BCUT2D eigenvalue weighted by Crippen LogP contribution is 2.47. The number of aromatic nitrogens is 3. The summed E-state index contributed by atoms with van der Waals surface area (Å²) < 4.78 is 2.33. The van der Waals surface area contributed by atoms with Crippen molar-refractivity contribution in [2.24, 2.45) is 5.92 Å². The molecule has 0 spiro atoms. The fourth-order valence-corrected chi connectivity index (χ4v) is 5.58. The zero-order valence-corrected chi connectivity index (χ0v) is 20.7. The SMILES string of the molecule is CNC(=O)c1ccc2c(c1)nc(-c1nc(-c3ccc(Cl)cc3)cs1)n2C(c1ccccc1)C1CC1. The highest BCUT2D eigenvalue weighted by Gasteiger charge is 2.36. The zero-order valence-electron chi connectivity index (χ0n) is 19.1. The number of carbonyl (C=O) groups excluding carboxylic acids is 1. The van der Waals surface area contributed by atoms with Gasteiger partial charge in [0.05, 0.1) is 22.8 Å². The highest BCUT2D eigenvalue weighted by molar-refractivity contribution is 7.13. The van der Waals surface area contributed by atoms with E-state index in [4.69, 9.17) is 21.6 Å². The van der Waals surface area contributed by atoms with Gasteiger partial charge in [0.25, 0.3) is 5.91 Å². The molecule has 5 aromatic rings. The Morgan fingerprint density at radius 1 is 1.06 bits per heavy atom. The number of halogens is 1. The van der Waals surface area contributed by atoms with E-state index in [0.29, 0.717) is 16.5 Å². The van der Waals surface area contributed by atoms with E-state index in [2.05, 4.69) is 45.6 Å². The standard InChI is InChI=1S/C28H23ClN4OS/c1-30-27(34)20-11-14-24-22(15-20)31-26(28-32-23(16-35-28)17-9-12-21(29)13-10-17)33(24)25(19-7-8-19)18-5-3-2-4-6-18/h2-6,9-16,19,25H,7-8H2,1H3,(H,30,34). The molecule has 1 N–H and O–H groups in total. The molecule has 1 atom stereocenters. The van der Waals surface area contributed by atoms with Gasteiger partial charge >= 0.3 is 0 Å². The third kappa shape index (κ3) is 4.13. The number of amides is 1. The number of carbonyl (C=O) groups is 1. The highest BCUT2D eigenvalue weighted by atomic mass is 35.5. The Hall–Kier alpha value is -3.48. The Bertz CT molecular complexity index is 1520. The summed E-state index contributed by atoms with van der Waals surface area (Å²) in [5.74, 6) is 1.26. The van der Waals surface area contributed by atoms with Crippen LogP contribution < -0.4 is 5.32 Å². The summed E-state index contributed by atoms with van der Waals surface area (Å²) in [5.41, 5.74) is 5.58. The summed E-state index contributed by atoms with van der Waals surface area (Å²) in [7, 11) is 1.64. The maximum atomic E-state index is 12.3. The first-order chi connectivity index (χ1) is 17.1. The Kier molecular flexibility index (Phi) is 5.63. The third-order valence-corrected chi connectivity index (χ3v) is 7.59. The number of rotatable bonds is 6. The first-order valence-corrected chi connectivity index (χ1v) is 12.9. The van der Waals surface area contributed by atoms with Gasteiger partial charge in [0.1, 0.15) is 0 Å². The van der Waals surface area contributed by atoms with E-state index in [0.717, 1.165) is 33.1 Å². The summed E-state index contributed by atoms with van der Waals surface area (Å²) in [6.45, 7) is 0. The van der Waals surface area contributed by atoms with Crippen molar-refractivity contribution in [2.75, 3.05) is 7.05 Å². The molecule has 35 heavy (non-hydrogen) atoms. The molecular weight excluding hydrogens is 476 g/mol. The molecule has 6 rings (SSSR count). The van der Waals surface area contributed by atoms with E-state index < -0.39 is 0 Å². The average Bonchev–Trinajstić information content (AvgIpc) is 3.48. The molecule has 2 heterocycles. The van der Waals surface area contributed by atoms with Gasteiger partial charge in [-0.1, -0.05) is 54.1 Å². The molecule has 1 fully saturated rings. The van der Waals surface area contributed by atoms with Gasteiger partial charge < -0.3 is 9.88 Å². The maximum Gasteiger partial charge on any atom is 0.251 e. The number of nitrogens with zero attached hydrogens (tertiary/aromatic N) is 3. The quantitative estimate of drug-likeness (QED) is 0.279. The number of imidazole rings is 1. The summed E-state index contributed by atoms with van der Waals surface area (Å²) in [6.07, 6.45) is 2.37. The van der Waals surface area contributed by atoms with Crippen molar-refractivity contribution in [3.63, 3.8) is 0 Å². The summed E-state index contributed by atoms with van der Waals surface area (Å²) in [6, 6.07) is 24.3. The zero-order chi connectivity index (χ0) is 23.9. The van der Waals surface area contributed by atoms with Crippen LogP contribution in [0.3, 0.4) is 0 Å². The van der Waals surface area contributed by atoms with Crippen LogP contribution in [0.25, 0.3) is 33.1 Å². The average molecular weight is 499 g/mol. The lowest BCUT2D eigenvalue weighted by molar-refractivity contribution is 0.0963. The lowest BCUT2D eigenvalue weighted by Crippen LogP contribution is -2.17. The van der Waals surface area contributed by atoms with Crippen LogP contribution in [-0.4, -0.2) is 27.5 Å². The number of hydrogen-bond acceptors (Lipinski definition) is 4.